The zero-order chi connectivity index (χ0) is 17.5. The summed E-state index contributed by atoms with van der Waals surface area (Å²) in [6, 6.07) is 13.7. The van der Waals surface area contributed by atoms with Crippen molar-refractivity contribution >= 4 is 23.0 Å². The smallest absolute Gasteiger partial charge is 0.220 e. The highest BCUT2D eigenvalue weighted by Crippen LogP contribution is 2.18. The number of Topliss-reactive ketones (excluding diaryl/α,β-unsaturated/α-hetero) is 1. The number of carbonyl (C=O) groups excluding carboxylic acids is 2. The monoisotopic (exact) mass is 356 g/mol. The summed E-state index contributed by atoms with van der Waals surface area (Å²) < 4.78 is 0. The van der Waals surface area contributed by atoms with Gasteiger partial charge in [0.25, 0.3) is 0 Å². The van der Waals surface area contributed by atoms with Crippen molar-refractivity contribution in [3.8, 4) is 0 Å². The molecule has 1 saturated heterocycles. The molecule has 1 unspecified atom stereocenters. The minimum absolute atomic E-state index is 0.0244. The Labute approximate surface area is 152 Å². The van der Waals surface area contributed by atoms with Gasteiger partial charge in [-0.2, -0.15) is 0 Å². The molecule has 132 valence electrons. The third-order valence-electron chi connectivity index (χ3n) is 4.55. The lowest BCUT2D eigenvalue weighted by Crippen LogP contribution is -2.37. The van der Waals surface area contributed by atoms with Crippen LogP contribution in [0.4, 0.5) is 0 Å². The summed E-state index contributed by atoms with van der Waals surface area (Å²) in [7, 11) is 0. The molecule has 1 aromatic carbocycles. The Bertz CT molecular complexity index is 679. The number of nitrogens with zero attached hydrogens (tertiary/aromatic N) is 1. The molecule has 0 spiro atoms. The van der Waals surface area contributed by atoms with Crippen molar-refractivity contribution < 1.29 is 9.59 Å². The van der Waals surface area contributed by atoms with E-state index in [2.05, 4.69) is 22.3 Å². The minimum Gasteiger partial charge on any atom is -0.348 e. The van der Waals surface area contributed by atoms with E-state index in [1.165, 1.54) is 24.2 Å². The van der Waals surface area contributed by atoms with Gasteiger partial charge in [0.15, 0.2) is 5.78 Å². The van der Waals surface area contributed by atoms with Gasteiger partial charge in [-0.3, -0.25) is 9.59 Å². The van der Waals surface area contributed by atoms with Gasteiger partial charge in [-0.25, -0.2) is 0 Å². The third-order valence-corrected chi connectivity index (χ3v) is 5.46. The van der Waals surface area contributed by atoms with Crippen LogP contribution < -0.4 is 5.32 Å². The summed E-state index contributed by atoms with van der Waals surface area (Å²) in [5, 5.41) is 5.02. The molecule has 0 saturated carbocycles. The van der Waals surface area contributed by atoms with E-state index in [0.29, 0.717) is 0 Å². The first-order chi connectivity index (χ1) is 12.2. The van der Waals surface area contributed by atoms with Gasteiger partial charge in [0.05, 0.1) is 10.9 Å². The topological polar surface area (TPSA) is 49.4 Å². The van der Waals surface area contributed by atoms with E-state index in [0.717, 1.165) is 30.1 Å². The summed E-state index contributed by atoms with van der Waals surface area (Å²) in [5.74, 6) is -0.0149. The van der Waals surface area contributed by atoms with E-state index in [1.807, 2.05) is 35.7 Å². The van der Waals surface area contributed by atoms with Crippen molar-refractivity contribution in [1.29, 1.82) is 0 Å². The van der Waals surface area contributed by atoms with Gasteiger partial charge in [-0.05, 0) is 42.9 Å². The summed E-state index contributed by atoms with van der Waals surface area (Å²) in [5.41, 5.74) is 1.12. The molecule has 0 aliphatic carbocycles. The average Bonchev–Trinajstić information content (AvgIpc) is 3.34. The lowest BCUT2D eigenvalue weighted by Gasteiger charge is -2.25. The molecule has 2 heterocycles. The Kier molecular flexibility index (Phi) is 6.36. The standard InChI is InChI=1S/C20H24N2O2S/c23-18(19-9-6-14-25-19)10-11-20(24)21-17(15-22-12-4-5-13-22)16-7-2-1-3-8-16/h1-3,6-9,14,17H,4-5,10-13,15H2,(H,21,24). The molecule has 5 heteroatoms. The van der Waals surface area contributed by atoms with Gasteiger partial charge in [-0.15, -0.1) is 11.3 Å². The van der Waals surface area contributed by atoms with Gasteiger partial charge >= 0.3 is 0 Å². The molecule has 0 radical (unpaired) electrons. The van der Waals surface area contributed by atoms with Crippen molar-refractivity contribution in [3.05, 3.63) is 58.3 Å². The van der Waals surface area contributed by atoms with Crippen LogP contribution in [-0.2, 0) is 4.79 Å². The fourth-order valence-electron chi connectivity index (χ4n) is 3.20. The van der Waals surface area contributed by atoms with E-state index in [4.69, 9.17) is 0 Å². The molecule has 2 aromatic rings. The van der Waals surface area contributed by atoms with Crippen LogP contribution in [0.25, 0.3) is 0 Å². The van der Waals surface area contributed by atoms with Crippen LogP contribution in [0, 0.1) is 0 Å². The number of benzene rings is 1. The summed E-state index contributed by atoms with van der Waals surface area (Å²) >= 11 is 1.43. The first-order valence-electron chi connectivity index (χ1n) is 8.86. The van der Waals surface area contributed by atoms with Crippen LogP contribution in [0.5, 0.6) is 0 Å². The van der Waals surface area contributed by atoms with Gasteiger partial charge in [0, 0.05) is 19.4 Å². The minimum atomic E-state index is -0.0574. The molecular weight excluding hydrogens is 332 g/mol. The Morgan fingerprint density at radius 1 is 1.04 bits per heavy atom. The maximum atomic E-state index is 12.4. The first kappa shape index (κ1) is 17.8. The molecule has 25 heavy (non-hydrogen) atoms. The SMILES string of the molecule is O=C(CCC(=O)c1cccs1)NC(CN1CCCC1)c1ccccc1. The Hall–Kier alpha value is -1.98. The first-order valence-corrected chi connectivity index (χ1v) is 9.74. The van der Waals surface area contributed by atoms with Crippen LogP contribution >= 0.6 is 11.3 Å². The number of amides is 1. The molecule has 1 N–H and O–H groups in total. The number of hydrogen-bond donors (Lipinski definition) is 1. The third kappa shape index (κ3) is 5.25. The Morgan fingerprint density at radius 2 is 1.80 bits per heavy atom. The highest BCUT2D eigenvalue weighted by atomic mass is 32.1. The maximum absolute atomic E-state index is 12.4. The van der Waals surface area contributed by atoms with Gasteiger partial charge in [-0.1, -0.05) is 36.4 Å². The fourth-order valence-corrected chi connectivity index (χ4v) is 3.89. The number of ketones is 1. The quantitative estimate of drug-likeness (QED) is 0.734. The molecule has 3 rings (SSSR count). The second kappa shape index (κ2) is 8.92. The molecule has 0 bridgehead atoms. The van der Waals surface area contributed by atoms with E-state index >= 15 is 0 Å². The molecule has 1 aliphatic heterocycles. The fraction of sp³-hybridized carbons (Fsp3) is 0.400. The highest BCUT2D eigenvalue weighted by molar-refractivity contribution is 7.12. The largest absolute Gasteiger partial charge is 0.348 e. The zero-order valence-electron chi connectivity index (χ0n) is 14.3. The number of likely N-dealkylation sites (tertiary alicyclic amines) is 1. The average molecular weight is 356 g/mol. The molecule has 1 aliphatic rings. The van der Waals surface area contributed by atoms with E-state index in [9.17, 15) is 9.59 Å². The van der Waals surface area contributed by atoms with Crippen molar-refractivity contribution in [2.24, 2.45) is 0 Å². The van der Waals surface area contributed by atoms with Gasteiger partial charge in [0.2, 0.25) is 5.91 Å². The van der Waals surface area contributed by atoms with Crippen LogP contribution in [0.3, 0.4) is 0 Å². The predicted octanol–water partition coefficient (Wildman–Crippen LogP) is 3.66. The number of hydrogen-bond acceptors (Lipinski definition) is 4. The molecule has 1 amide bonds. The molecule has 1 fully saturated rings. The number of carbonyl (C=O) groups is 2. The molecule has 1 atom stereocenters. The van der Waals surface area contributed by atoms with Crippen molar-refractivity contribution in [2.75, 3.05) is 19.6 Å². The zero-order valence-corrected chi connectivity index (χ0v) is 15.1. The van der Waals surface area contributed by atoms with Crippen LogP contribution in [0.2, 0.25) is 0 Å². The lowest BCUT2D eigenvalue weighted by molar-refractivity contribution is -0.121. The Morgan fingerprint density at radius 3 is 2.48 bits per heavy atom. The summed E-state index contributed by atoms with van der Waals surface area (Å²) in [6.45, 7) is 3.01. The second-order valence-corrected chi connectivity index (χ2v) is 7.39. The van der Waals surface area contributed by atoms with Gasteiger partial charge < -0.3 is 10.2 Å². The predicted molar refractivity (Wildman–Crippen MR) is 101 cm³/mol. The van der Waals surface area contributed by atoms with Crippen molar-refractivity contribution in [1.82, 2.24) is 10.2 Å². The van der Waals surface area contributed by atoms with E-state index in [-0.39, 0.29) is 30.6 Å². The number of thiophene rings is 1. The van der Waals surface area contributed by atoms with Crippen molar-refractivity contribution in [2.45, 2.75) is 31.7 Å². The normalized spacial score (nSPS) is 15.8. The summed E-state index contributed by atoms with van der Waals surface area (Å²) in [4.78, 5) is 27.6. The summed E-state index contributed by atoms with van der Waals surface area (Å²) in [6.07, 6.45) is 2.95. The molecule has 4 nitrogen and oxygen atoms in total. The van der Waals surface area contributed by atoms with Crippen molar-refractivity contribution in [3.63, 3.8) is 0 Å². The van der Waals surface area contributed by atoms with E-state index < -0.39 is 0 Å². The van der Waals surface area contributed by atoms with Crippen LogP contribution in [-0.4, -0.2) is 36.2 Å². The number of rotatable bonds is 8. The van der Waals surface area contributed by atoms with Gasteiger partial charge in [0.1, 0.15) is 0 Å². The number of nitrogens with one attached hydrogen (secondary N) is 1. The highest BCUT2D eigenvalue weighted by Gasteiger charge is 2.21. The second-order valence-electron chi connectivity index (χ2n) is 6.44. The maximum Gasteiger partial charge on any atom is 0.220 e. The van der Waals surface area contributed by atoms with Crippen LogP contribution in [0.15, 0.2) is 47.8 Å². The lowest BCUT2D eigenvalue weighted by atomic mass is 10.1. The molecule has 1 aromatic heterocycles. The Balaban J connectivity index is 1.57. The van der Waals surface area contributed by atoms with Crippen LogP contribution in [0.1, 0.15) is 47.0 Å². The van der Waals surface area contributed by atoms with E-state index in [1.54, 1.807) is 0 Å². The molecular formula is C20H24N2O2S.